The van der Waals surface area contributed by atoms with Crippen molar-refractivity contribution in [3.8, 4) is 0 Å². The quantitative estimate of drug-likeness (QED) is 0.702. The van der Waals surface area contributed by atoms with Crippen LogP contribution in [0.5, 0.6) is 0 Å². The maximum Gasteiger partial charge on any atom is 0.325 e. The Morgan fingerprint density at radius 2 is 2.38 bits per heavy atom. The van der Waals surface area contributed by atoms with Gasteiger partial charge in [-0.2, -0.15) is 5.10 Å². The molecule has 0 aliphatic carbocycles. The number of esters is 1. The molecule has 1 atom stereocenters. The second kappa shape index (κ2) is 5.60. The van der Waals surface area contributed by atoms with Crippen LogP contribution in [0.1, 0.15) is 20.3 Å². The highest BCUT2D eigenvalue weighted by Crippen LogP contribution is 2.12. The first kappa shape index (κ1) is 12.6. The molecule has 0 aliphatic heterocycles. The summed E-state index contributed by atoms with van der Waals surface area (Å²) in [5, 5.41) is 7.13. The Hall–Kier alpha value is -1.43. The van der Waals surface area contributed by atoms with Crippen molar-refractivity contribution >= 4 is 5.97 Å². The van der Waals surface area contributed by atoms with Gasteiger partial charge >= 0.3 is 5.97 Å². The molecule has 1 unspecified atom stereocenters. The van der Waals surface area contributed by atoms with E-state index < -0.39 is 5.54 Å². The number of methoxy groups -OCH3 is 1. The van der Waals surface area contributed by atoms with E-state index in [1.54, 1.807) is 11.0 Å². The highest BCUT2D eigenvalue weighted by Gasteiger charge is 2.32. The zero-order chi connectivity index (χ0) is 12.0. The summed E-state index contributed by atoms with van der Waals surface area (Å²) in [5.74, 6) is -0.255. The molecule has 1 rings (SSSR count). The third-order valence-corrected chi connectivity index (χ3v) is 2.51. The topological polar surface area (TPSA) is 69.0 Å². The molecule has 0 aromatic carbocycles. The fourth-order valence-electron chi connectivity index (χ4n) is 1.56. The third-order valence-electron chi connectivity index (χ3n) is 2.51. The standard InChI is InChI=1S/C10H18N4O2/c1-4-12-10(2,9(15)16-3)5-6-14-8-11-7-13-14/h7-8,12H,4-6H2,1-3H3. The minimum atomic E-state index is -0.671. The molecule has 6 heteroatoms. The smallest absolute Gasteiger partial charge is 0.325 e. The zero-order valence-corrected chi connectivity index (χ0v) is 9.93. The minimum Gasteiger partial charge on any atom is -0.468 e. The van der Waals surface area contributed by atoms with Crippen molar-refractivity contribution in [1.29, 1.82) is 0 Å². The number of aryl methyl sites for hydroxylation is 1. The minimum absolute atomic E-state index is 0.255. The maximum absolute atomic E-state index is 11.7. The van der Waals surface area contributed by atoms with Crippen LogP contribution >= 0.6 is 0 Å². The Morgan fingerprint density at radius 1 is 1.62 bits per heavy atom. The lowest BCUT2D eigenvalue weighted by molar-refractivity contribution is -0.148. The Labute approximate surface area is 95.0 Å². The monoisotopic (exact) mass is 226 g/mol. The van der Waals surface area contributed by atoms with Crippen LogP contribution < -0.4 is 5.32 Å². The van der Waals surface area contributed by atoms with Crippen LogP contribution in [0.15, 0.2) is 12.7 Å². The summed E-state index contributed by atoms with van der Waals surface area (Å²) >= 11 is 0. The molecule has 1 aromatic heterocycles. The van der Waals surface area contributed by atoms with E-state index in [9.17, 15) is 4.79 Å². The molecule has 16 heavy (non-hydrogen) atoms. The SMILES string of the molecule is CCNC(C)(CCn1cncn1)C(=O)OC. The molecule has 0 saturated carbocycles. The molecule has 0 fully saturated rings. The molecule has 90 valence electrons. The summed E-state index contributed by atoms with van der Waals surface area (Å²) in [7, 11) is 1.40. The van der Waals surface area contributed by atoms with E-state index in [4.69, 9.17) is 4.74 Å². The van der Waals surface area contributed by atoms with E-state index in [0.717, 1.165) is 0 Å². The summed E-state index contributed by atoms with van der Waals surface area (Å²) in [6, 6.07) is 0. The first-order valence-electron chi connectivity index (χ1n) is 5.28. The van der Waals surface area contributed by atoms with Gasteiger partial charge in [-0.05, 0) is 19.9 Å². The van der Waals surface area contributed by atoms with Crippen LogP contribution in [-0.2, 0) is 16.1 Å². The Morgan fingerprint density at radius 3 is 2.88 bits per heavy atom. The molecule has 0 bridgehead atoms. The van der Waals surface area contributed by atoms with Crippen LogP contribution in [0, 0.1) is 0 Å². The molecule has 1 N–H and O–H groups in total. The molecule has 0 saturated heterocycles. The van der Waals surface area contributed by atoms with Crippen molar-refractivity contribution in [2.24, 2.45) is 0 Å². The molecule has 0 amide bonds. The summed E-state index contributed by atoms with van der Waals surface area (Å²) in [5.41, 5.74) is -0.671. The van der Waals surface area contributed by atoms with E-state index in [0.29, 0.717) is 19.5 Å². The molecule has 0 aliphatic rings. The number of carbonyl (C=O) groups excluding carboxylic acids is 1. The van der Waals surface area contributed by atoms with Crippen molar-refractivity contribution in [2.75, 3.05) is 13.7 Å². The van der Waals surface area contributed by atoms with E-state index in [-0.39, 0.29) is 5.97 Å². The molecule has 1 heterocycles. The average Bonchev–Trinajstić information content (AvgIpc) is 2.78. The number of hydrogen-bond donors (Lipinski definition) is 1. The summed E-state index contributed by atoms with van der Waals surface area (Å²) in [6.45, 7) is 5.12. The molecule has 1 aromatic rings. The Bertz CT molecular complexity index is 326. The van der Waals surface area contributed by atoms with Crippen molar-refractivity contribution < 1.29 is 9.53 Å². The molecule has 0 radical (unpaired) electrons. The van der Waals surface area contributed by atoms with Crippen molar-refractivity contribution in [2.45, 2.75) is 32.4 Å². The van der Waals surface area contributed by atoms with Gasteiger partial charge in [-0.1, -0.05) is 6.92 Å². The van der Waals surface area contributed by atoms with Gasteiger partial charge in [0.25, 0.3) is 0 Å². The van der Waals surface area contributed by atoms with Crippen LogP contribution in [-0.4, -0.2) is 39.9 Å². The van der Waals surface area contributed by atoms with Crippen LogP contribution in [0.25, 0.3) is 0 Å². The predicted molar refractivity (Wildman–Crippen MR) is 58.7 cm³/mol. The Kier molecular flexibility index (Phi) is 4.42. The van der Waals surface area contributed by atoms with E-state index in [1.807, 2.05) is 13.8 Å². The number of carbonyl (C=O) groups is 1. The van der Waals surface area contributed by atoms with Gasteiger partial charge < -0.3 is 10.1 Å². The lowest BCUT2D eigenvalue weighted by Crippen LogP contribution is -2.50. The summed E-state index contributed by atoms with van der Waals surface area (Å²) < 4.78 is 6.48. The van der Waals surface area contributed by atoms with Crippen LogP contribution in [0.3, 0.4) is 0 Å². The lowest BCUT2D eigenvalue weighted by atomic mass is 9.98. The number of rotatable bonds is 6. The second-order valence-corrected chi connectivity index (χ2v) is 3.76. The first-order chi connectivity index (χ1) is 7.62. The normalized spacial score (nSPS) is 14.4. The van der Waals surface area contributed by atoms with E-state index in [1.165, 1.54) is 13.4 Å². The molecule has 6 nitrogen and oxygen atoms in total. The number of nitrogens with zero attached hydrogens (tertiary/aromatic N) is 3. The first-order valence-corrected chi connectivity index (χ1v) is 5.28. The van der Waals surface area contributed by atoms with Crippen LogP contribution in [0.4, 0.5) is 0 Å². The zero-order valence-electron chi connectivity index (χ0n) is 9.93. The van der Waals surface area contributed by atoms with E-state index in [2.05, 4.69) is 15.4 Å². The number of aromatic nitrogens is 3. The van der Waals surface area contributed by atoms with Gasteiger partial charge in [-0.3, -0.25) is 9.48 Å². The molecular weight excluding hydrogens is 208 g/mol. The van der Waals surface area contributed by atoms with Crippen molar-refractivity contribution in [3.63, 3.8) is 0 Å². The number of ether oxygens (including phenoxy) is 1. The molecule has 0 spiro atoms. The van der Waals surface area contributed by atoms with Gasteiger partial charge in [0.2, 0.25) is 0 Å². The maximum atomic E-state index is 11.7. The lowest BCUT2D eigenvalue weighted by Gasteiger charge is -2.27. The second-order valence-electron chi connectivity index (χ2n) is 3.76. The fourth-order valence-corrected chi connectivity index (χ4v) is 1.56. The van der Waals surface area contributed by atoms with Gasteiger partial charge in [-0.25, -0.2) is 4.98 Å². The van der Waals surface area contributed by atoms with Gasteiger partial charge in [0.05, 0.1) is 7.11 Å². The number of nitrogens with one attached hydrogen (secondary N) is 1. The Balaban J connectivity index is 2.60. The summed E-state index contributed by atoms with van der Waals surface area (Å²) in [4.78, 5) is 15.5. The van der Waals surface area contributed by atoms with Gasteiger partial charge in [0, 0.05) is 6.54 Å². The van der Waals surface area contributed by atoms with E-state index >= 15 is 0 Å². The molecular formula is C10H18N4O2. The number of hydrogen-bond acceptors (Lipinski definition) is 5. The van der Waals surface area contributed by atoms with Gasteiger partial charge in [0.1, 0.15) is 18.2 Å². The van der Waals surface area contributed by atoms with Crippen molar-refractivity contribution in [1.82, 2.24) is 20.1 Å². The van der Waals surface area contributed by atoms with Crippen molar-refractivity contribution in [3.05, 3.63) is 12.7 Å². The fraction of sp³-hybridized carbons (Fsp3) is 0.700. The predicted octanol–water partition coefficient (Wildman–Crippen LogP) is 0.209. The third kappa shape index (κ3) is 3.03. The van der Waals surface area contributed by atoms with Gasteiger partial charge in [-0.15, -0.1) is 0 Å². The highest BCUT2D eigenvalue weighted by molar-refractivity contribution is 5.80. The largest absolute Gasteiger partial charge is 0.468 e. The van der Waals surface area contributed by atoms with Gasteiger partial charge in [0.15, 0.2) is 0 Å². The highest BCUT2D eigenvalue weighted by atomic mass is 16.5. The number of likely N-dealkylation sites (N-methyl/N-ethyl adjacent to an activating group) is 1. The van der Waals surface area contributed by atoms with Crippen LogP contribution in [0.2, 0.25) is 0 Å². The average molecular weight is 226 g/mol. The summed E-state index contributed by atoms with van der Waals surface area (Å²) in [6.07, 6.45) is 3.71.